The Morgan fingerprint density at radius 1 is 1.16 bits per heavy atom. The van der Waals surface area contributed by atoms with E-state index >= 15 is 0 Å². The molecule has 12 heteroatoms. The number of aliphatic hydroxyl groups is 3. The molecule has 2 aromatic rings. The minimum atomic E-state index is -4.59. The molecular formula is C19H17F3N2O6S. The molecule has 5 atom stereocenters. The van der Waals surface area contributed by atoms with Crippen LogP contribution in [0.15, 0.2) is 45.8 Å². The zero-order valence-electron chi connectivity index (χ0n) is 15.6. The highest BCUT2D eigenvalue weighted by atomic mass is 32.2. The molecule has 1 fully saturated rings. The number of hydrogen-bond acceptors (Lipinski definition) is 8. The number of ether oxygens (including phenoxy) is 1. The molecular weight excluding hydrogens is 441 g/mol. The average molecular weight is 458 g/mol. The van der Waals surface area contributed by atoms with Gasteiger partial charge >= 0.3 is 6.18 Å². The Labute approximate surface area is 177 Å². The highest BCUT2D eigenvalue weighted by molar-refractivity contribution is 8.14. The van der Waals surface area contributed by atoms with Crippen LogP contribution in [0.25, 0.3) is 11.3 Å². The monoisotopic (exact) mass is 458 g/mol. The molecule has 0 bridgehead atoms. The third kappa shape index (κ3) is 4.21. The van der Waals surface area contributed by atoms with Gasteiger partial charge in [0.25, 0.3) is 5.91 Å². The largest absolute Gasteiger partial charge is 0.451 e. The lowest BCUT2D eigenvalue weighted by Gasteiger charge is -2.37. The van der Waals surface area contributed by atoms with Crippen LogP contribution in [-0.2, 0) is 10.9 Å². The number of nitrogens with one attached hydrogen (secondary N) is 1. The third-order valence-electron chi connectivity index (χ3n) is 4.89. The second-order valence-corrected chi connectivity index (χ2v) is 8.00. The van der Waals surface area contributed by atoms with Gasteiger partial charge in [0.15, 0.2) is 10.9 Å². The summed E-state index contributed by atoms with van der Waals surface area (Å²) in [6, 6.07) is 6.49. The summed E-state index contributed by atoms with van der Waals surface area (Å²) in [7, 11) is 0. The van der Waals surface area contributed by atoms with Gasteiger partial charge in [-0.15, -0.1) is 0 Å². The number of halogens is 3. The molecule has 8 nitrogen and oxygen atoms in total. The fourth-order valence-corrected chi connectivity index (χ4v) is 4.46. The Bertz CT molecular complexity index is 1010. The standard InChI is InChI=1S/C19H17F3N2O6S/c20-19(21,22)9-4-2-1-3-8(9)10-5-6-11(29-10)16(28)24-18-23-13-15(27)14(26)12(7-25)30-17(13)31-18/h1-6,12-15,17,25-27H,7H2,(H,23,24,28). The number of rotatable bonds is 3. The van der Waals surface area contributed by atoms with Gasteiger partial charge in [-0.25, -0.2) is 0 Å². The minimum absolute atomic E-state index is 0.0819. The van der Waals surface area contributed by atoms with Crippen LogP contribution in [0, 0.1) is 0 Å². The number of thioether (sulfide) groups is 1. The van der Waals surface area contributed by atoms with Crippen LogP contribution in [-0.4, -0.2) is 62.8 Å². The van der Waals surface area contributed by atoms with Crippen LogP contribution < -0.4 is 5.32 Å². The van der Waals surface area contributed by atoms with Crippen LogP contribution in [0.1, 0.15) is 16.1 Å². The molecule has 31 heavy (non-hydrogen) atoms. The number of furan rings is 1. The van der Waals surface area contributed by atoms with Gasteiger partial charge in [0.05, 0.1) is 12.2 Å². The number of carbonyl (C=O) groups excluding carboxylic acids is 1. The summed E-state index contributed by atoms with van der Waals surface area (Å²) in [5.41, 5.74) is -1.82. The molecule has 4 N–H and O–H groups in total. The number of aliphatic hydroxyl groups excluding tert-OH is 3. The second-order valence-electron chi connectivity index (χ2n) is 6.91. The van der Waals surface area contributed by atoms with E-state index in [1.54, 1.807) is 0 Å². The topological polar surface area (TPSA) is 125 Å². The number of fused-ring (bicyclic) bond motifs is 1. The quantitative estimate of drug-likeness (QED) is 0.551. The Kier molecular flexibility index (Phi) is 5.83. The zero-order chi connectivity index (χ0) is 22.3. The number of carbonyl (C=O) groups is 1. The van der Waals surface area contributed by atoms with E-state index in [-0.39, 0.29) is 22.3 Å². The van der Waals surface area contributed by atoms with E-state index < -0.39 is 54.0 Å². The fraction of sp³-hybridized carbons (Fsp3) is 0.368. The van der Waals surface area contributed by atoms with Gasteiger partial charge in [-0.3, -0.25) is 15.1 Å². The van der Waals surface area contributed by atoms with Crippen molar-refractivity contribution < 1.29 is 42.4 Å². The van der Waals surface area contributed by atoms with E-state index in [0.29, 0.717) is 0 Å². The Morgan fingerprint density at radius 3 is 2.61 bits per heavy atom. The molecule has 0 aliphatic carbocycles. The minimum Gasteiger partial charge on any atom is -0.451 e. The lowest BCUT2D eigenvalue weighted by molar-refractivity contribution is -0.164. The summed E-state index contributed by atoms with van der Waals surface area (Å²) < 4.78 is 50.5. The molecule has 1 aromatic carbocycles. The summed E-state index contributed by atoms with van der Waals surface area (Å²) in [4.78, 5) is 16.6. The van der Waals surface area contributed by atoms with E-state index in [1.165, 1.54) is 30.3 Å². The first-order valence-electron chi connectivity index (χ1n) is 9.13. The molecule has 2 aliphatic rings. The van der Waals surface area contributed by atoms with Crippen LogP contribution >= 0.6 is 11.8 Å². The Hall–Kier alpha value is -2.38. The van der Waals surface area contributed by atoms with E-state index in [2.05, 4.69) is 10.3 Å². The van der Waals surface area contributed by atoms with E-state index in [0.717, 1.165) is 17.8 Å². The number of aliphatic imine (C=N–C) groups is 1. The second kappa shape index (κ2) is 8.28. The van der Waals surface area contributed by atoms with Crippen molar-refractivity contribution in [3.05, 3.63) is 47.7 Å². The first kappa shape index (κ1) is 21.8. The van der Waals surface area contributed by atoms with Gasteiger partial charge in [0, 0.05) is 5.56 Å². The maximum Gasteiger partial charge on any atom is 0.417 e. The number of amidine groups is 1. The molecule has 0 radical (unpaired) electrons. The molecule has 0 spiro atoms. The van der Waals surface area contributed by atoms with Crippen molar-refractivity contribution in [2.45, 2.75) is 36.0 Å². The number of benzene rings is 1. The summed E-state index contributed by atoms with van der Waals surface area (Å²) in [6.45, 7) is -0.502. The first-order valence-corrected chi connectivity index (χ1v) is 10.0. The molecule has 5 unspecified atom stereocenters. The molecule has 1 aromatic heterocycles. The van der Waals surface area contributed by atoms with E-state index in [1.807, 2.05) is 0 Å². The van der Waals surface area contributed by atoms with E-state index in [9.17, 15) is 33.3 Å². The first-order chi connectivity index (χ1) is 14.7. The van der Waals surface area contributed by atoms with Crippen molar-refractivity contribution in [3.8, 4) is 11.3 Å². The molecule has 1 saturated heterocycles. The molecule has 1 amide bonds. The Balaban J connectivity index is 1.49. The molecule has 3 heterocycles. The fourth-order valence-electron chi connectivity index (χ4n) is 3.35. The summed E-state index contributed by atoms with van der Waals surface area (Å²) in [5.74, 6) is -1.12. The van der Waals surface area contributed by atoms with Crippen LogP contribution in [0.5, 0.6) is 0 Å². The summed E-state index contributed by atoms with van der Waals surface area (Å²) in [6.07, 6.45) is -8.22. The van der Waals surface area contributed by atoms with E-state index in [4.69, 9.17) is 9.15 Å². The summed E-state index contributed by atoms with van der Waals surface area (Å²) >= 11 is 0.975. The van der Waals surface area contributed by atoms with Gasteiger partial charge in [-0.1, -0.05) is 30.0 Å². The molecule has 2 aliphatic heterocycles. The van der Waals surface area contributed by atoms with Gasteiger partial charge in [-0.2, -0.15) is 13.2 Å². The number of hydrogen-bond donors (Lipinski definition) is 4. The highest BCUT2D eigenvalue weighted by Crippen LogP contribution is 2.38. The third-order valence-corrected chi connectivity index (χ3v) is 5.94. The average Bonchev–Trinajstić information content (AvgIpc) is 3.37. The van der Waals surface area contributed by atoms with Crippen molar-refractivity contribution in [1.82, 2.24) is 5.32 Å². The van der Waals surface area contributed by atoms with Crippen molar-refractivity contribution in [1.29, 1.82) is 0 Å². The summed E-state index contributed by atoms with van der Waals surface area (Å²) in [5, 5.41) is 31.8. The van der Waals surface area contributed by atoms with Crippen LogP contribution in [0.3, 0.4) is 0 Å². The predicted molar refractivity (Wildman–Crippen MR) is 103 cm³/mol. The molecule has 166 valence electrons. The Morgan fingerprint density at radius 2 is 1.90 bits per heavy atom. The molecule has 4 rings (SSSR count). The van der Waals surface area contributed by atoms with Crippen molar-refractivity contribution in [2.24, 2.45) is 4.99 Å². The lowest BCUT2D eigenvalue weighted by Crippen LogP contribution is -2.55. The maximum atomic E-state index is 13.2. The molecule has 0 saturated carbocycles. The lowest BCUT2D eigenvalue weighted by atomic mass is 9.99. The SMILES string of the molecule is O=C(NC1=NC2C(OC(CO)C(O)C2O)S1)c1ccc(-c2ccccc2C(F)(F)F)o1. The van der Waals surface area contributed by atoms with Crippen molar-refractivity contribution >= 4 is 22.8 Å². The number of nitrogens with zero attached hydrogens (tertiary/aromatic N) is 1. The van der Waals surface area contributed by atoms with Gasteiger partial charge in [0.2, 0.25) is 0 Å². The number of alkyl halides is 3. The van der Waals surface area contributed by atoms with Gasteiger partial charge < -0.3 is 24.5 Å². The van der Waals surface area contributed by atoms with Crippen LogP contribution in [0.4, 0.5) is 13.2 Å². The van der Waals surface area contributed by atoms with Gasteiger partial charge in [0.1, 0.15) is 35.5 Å². The van der Waals surface area contributed by atoms with Gasteiger partial charge in [-0.05, 0) is 18.2 Å². The van der Waals surface area contributed by atoms with Crippen molar-refractivity contribution in [2.75, 3.05) is 6.61 Å². The normalized spacial score (nSPS) is 28.2. The predicted octanol–water partition coefficient (Wildman–Crippen LogP) is 1.61. The smallest absolute Gasteiger partial charge is 0.417 e. The zero-order valence-corrected chi connectivity index (χ0v) is 16.4. The van der Waals surface area contributed by atoms with Crippen LogP contribution in [0.2, 0.25) is 0 Å². The van der Waals surface area contributed by atoms with Crippen molar-refractivity contribution in [3.63, 3.8) is 0 Å². The number of amides is 1. The maximum absolute atomic E-state index is 13.2. The highest BCUT2D eigenvalue weighted by Gasteiger charge is 2.48.